The third-order valence-corrected chi connectivity index (χ3v) is 3.25. The molecule has 1 aromatic heterocycles. The van der Waals surface area contributed by atoms with Crippen molar-refractivity contribution >= 4 is 11.7 Å². The van der Waals surface area contributed by atoms with Crippen molar-refractivity contribution in [3.63, 3.8) is 0 Å². The Balaban J connectivity index is 1.94. The van der Waals surface area contributed by atoms with E-state index in [1.165, 1.54) is 12.8 Å². The van der Waals surface area contributed by atoms with Gasteiger partial charge in [-0.1, -0.05) is 6.92 Å². The number of amides is 1. The zero-order chi connectivity index (χ0) is 13.0. The Kier molecular flexibility index (Phi) is 4.18. The highest BCUT2D eigenvalue weighted by Gasteiger charge is 2.20. The molecule has 0 radical (unpaired) electrons. The molecule has 1 aromatic rings. The highest BCUT2D eigenvalue weighted by atomic mass is 16.1. The highest BCUT2D eigenvalue weighted by Crippen LogP contribution is 2.28. The average Bonchev–Trinajstić information content (AvgIpc) is 3.20. The van der Waals surface area contributed by atoms with Crippen molar-refractivity contribution in [3.05, 3.63) is 23.9 Å². The highest BCUT2D eigenvalue weighted by molar-refractivity contribution is 5.76. The predicted molar refractivity (Wildman–Crippen MR) is 72.3 cm³/mol. The molecule has 0 spiro atoms. The van der Waals surface area contributed by atoms with E-state index in [0.29, 0.717) is 6.42 Å². The smallest absolute Gasteiger partial charge is 0.220 e. The number of rotatable bonds is 6. The van der Waals surface area contributed by atoms with Gasteiger partial charge in [-0.15, -0.1) is 0 Å². The molecule has 1 aliphatic rings. The normalized spacial score (nSPS) is 16.1. The van der Waals surface area contributed by atoms with Crippen LogP contribution in [0.1, 0.15) is 44.7 Å². The zero-order valence-electron chi connectivity index (χ0n) is 11.1. The molecule has 2 rings (SSSR count). The van der Waals surface area contributed by atoms with Crippen LogP contribution in [0.2, 0.25) is 0 Å². The van der Waals surface area contributed by atoms with Gasteiger partial charge in [0.2, 0.25) is 5.91 Å². The van der Waals surface area contributed by atoms with Crippen LogP contribution in [0, 0.1) is 5.92 Å². The van der Waals surface area contributed by atoms with Gasteiger partial charge in [0.1, 0.15) is 5.82 Å². The minimum atomic E-state index is 0.0296. The number of hydrogen-bond donors (Lipinski definition) is 2. The Morgan fingerprint density at radius 1 is 1.56 bits per heavy atom. The number of aromatic nitrogens is 1. The first-order chi connectivity index (χ1) is 8.69. The fraction of sp³-hybridized carbons (Fsp3) is 0.571. The van der Waals surface area contributed by atoms with Gasteiger partial charge in [-0.2, -0.15) is 0 Å². The third kappa shape index (κ3) is 3.72. The predicted octanol–water partition coefficient (Wildman–Crippen LogP) is 2.49. The molecule has 4 nitrogen and oxygen atoms in total. The molecule has 1 heterocycles. The molecule has 98 valence electrons. The van der Waals surface area contributed by atoms with Gasteiger partial charge in [-0.3, -0.25) is 4.79 Å². The van der Waals surface area contributed by atoms with Gasteiger partial charge >= 0.3 is 0 Å². The summed E-state index contributed by atoms with van der Waals surface area (Å²) in [4.78, 5) is 15.7. The van der Waals surface area contributed by atoms with E-state index in [-0.39, 0.29) is 11.9 Å². The molecule has 1 amide bonds. The van der Waals surface area contributed by atoms with Gasteiger partial charge in [0.05, 0.1) is 6.04 Å². The van der Waals surface area contributed by atoms with E-state index in [1.54, 1.807) is 6.20 Å². The molecule has 4 heteroatoms. The van der Waals surface area contributed by atoms with Crippen LogP contribution < -0.4 is 10.6 Å². The van der Waals surface area contributed by atoms with E-state index in [0.717, 1.165) is 23.8 Å². The maximum Gasteiger partial charge on any atom is 0.220 e. The van der Waals surface area contributed by atoms with Crippen LogP contribution in [0.15, 0.2) is 18.3 Å². The maximum atomic E-state index is 11.4. The first-order valence-corrected chi connectivity index (χ1v) is 6.68. The summed E-state index contributed by atoms with van der Waals surface area (Å²) in [6.45, 7) is 4.86. The lowest BCUT2D eigenvalue weighted by Crippen LogP contribution is -2.25. The Morgan fingerprint density at radius 2 is 2.33 bits per heavy atom. The number of pyridine rings is 1. The zero-order valence-corrected chi connectivity index (χ0v) is 11.1. The molecular weight excluding hydrogens is 226 g/mol. The van der Waals surface area contributed by atoms with Crippen molar-refractivity contribution in [2.45, 2.75) is 39.2 Å². The third-order valence-electron chi connectivity index (χ3n) is 3.25. The number of anilines is 1. The molecule has 1 aliphatic carbocycles. The topological polar surface area (TPSA) is 54.0 Å². The molecule has 1 unspecified atom stereocenters. The van der Waals surface area contributed by atoms with Gasteiger partial charge in [0.15, 0.2) is 0 Å². The molecule has 0 aromatic carbocycles. The molecular formula is C14H21N3O. The van der Waals surface area contributed by atoms with Crippen molar-refractivity contribution in [1.29, 1.82) is 0 Å². The molecule has 0 saturated heterocycles. The summed E-state index contributed by atoms with van der Waals surface area (Å²) in [6.07, 6.45) is 4.96. The average molecular weight is 247 g/mol. The van der Waals surface area contributed by atoms with Crippen molar-refractivity contribution in [3.8, 4) is 0 Å². The number of nitrogens with zero attached hydrogens (tertiary/aromatic N) is 1. The van der Waals surface area contributed by atoms with Crippen molar-refractivity contribution in [2.75, 3.05) is 11.9 Å². The minimum absolute atomic E-state index is 0.0296. The second-order valence-electron chi connectivity index (χ2n) is 4.94. The SMILES string of the molecule is CCC(=O)NC(C)c1ccnc(NCC2CC2)c1. The number of carbonyl (C=O) groups is 1. The lowest BCUT2D eigenvalue weighted by molar-refractivity contribution is -0.121. The maximum absolute atomic E-state index is 11.4. The fourth-order valence-electron chi connectivity index (χ4n) is 1.81. The lowest BCUT2D eigenvalue weighted by Gasteiger charge is -2.14. The van der Waals surface area contributed by atoms with Gasteiger partial charge < -0.3 is 10.6 Å². The standard InChI is InChI=1S/C14H21N3O/c1-3-14(18)17-10(2)12-6-7-15-13(8-12)16-9-11-4-5-11/h6-8,10-11H,3-5,9H2,1-2H3,(H,15,16)(H,17,18). The quantitative estimate of drug-likeness (QED) is 0.812. The fourth-order valence-corrected chi connectivity index (χ4v) is 1.81. The largest absolute Gasteiger partial charge is 0.370 e. The molecule has 18 heavy (non-hydrogen) atoms. The van der Waals surface area contributed by atoms with Gasteiger partial charge in [-0.05, 0) is 43.4 Å². The van der Waals surface area contributed by atoms with Gasteiger partial charge in [-0.25, -0.2) is 4.98 Å². The first-order valence-electron chi connectivity index (χ1n) is 6.68. The summed E-state index contributed by atoms with van der Waals surface area (Å²) >= 11 is 0. The van der Waals surface area contributed by atoms with E-state index in [4.69, 9.17) is 0 Å². The summed E-state index contributed by atoms with van der Waals surface area (Å²) in [5.74, 6) is 1.80. The Hall–Kier alpha value is -1.58. The van der Waals surface area contributed by atoms with Crippen LogP contribution in [-0.2, 0) is 4.79 Å². The van der Waals surface area contributed by atoms with Crippen molar-refractivity contribution in [1.82, 2.24) is 10.3 Å². The van der Waals surface area contributed by atoms with Crippen LogP contribution in [0.5, 0.6) is 0 Å². The van der Waals surface area contributed by atoms with Gasteiger partial charge in [0, 0.05) is 19.2 Å². The summed E-state index contributed by atoms with van der Waals surface area (Å²) in [5, 5.41) is 6.30. The number of nitrogens with one attached hydrogen (secondary N) is 2. The van der Waals surface area contributed by atoms with Crippen molar-refractivity contribution < 1.29 is 4.79 Å². The molecule has 0 bridgehead atoms. The second kappa shape index (κ2) is 5.85. The molecule has 1 fully saturated rings. The monoisotopic (exact) mass is 247 g/mol. The summed E-state index contributed by atoms with van der Waals surface area (Å²) in [5.41, 5.74) is 1.09. The van der Waals surface area contributed by atoms with Gasteiger partial charge in [0.25, 0.3) is 0 Å². The Labute approximate surface area is 108 Å². The molecule has 1 saturated carbocycles. The summed E-state index contributed by atoms with van der Waals surface area (Å²) in [6, 6.07) is 3.99. The minimum Gasteiger partial charge on any atom is -0.370 e. The van der Waals surface area contributed by atoms with Crippen LogP contribution in [0.4, 0.5) is 5.82 Å². The summed E-state index contributed by atoms with van der Waals surface area (Å²) in [7, 11) is 0. The molecule has 0 aliphatic heterocycles. The van der Waals surface area contributed by atoms with E-state index >= 15 is 0 Å². The number of hydrogen-bond acceptors (Lipinski definition) is 3. The van der Waals surface area contributed by atoms with Crippen LogP contribution in [0.3, 0.4) is 0 Å². The van der Waals surface area contributed by atoms with E-state index in [1.807, 2.05) is 26.0 Å². The lowest BCUT2D eigenvalue weighted by atomic mass is 10.1. The van der Waals surface area contributed by atoms with Crippen LogP contribution in [-0.4, -0.2) is 17.4 Å². The molecule has 1 atom stereocenters. The number of carbonyl (C=O) groups excluding carboxylic acids is 1. The Morgan fingerprint density at radius 3 is 3.00 bits per heavy atom. The summed E-state index contributed by atoms with van der Waals surface area (Å²) < 4.78 is 0. The van der Waals surface area contributed by atoms with E-state index in [9.17, 15) is 4.79 Å². The Bertz CT molecular complexity index is 415. The molecule has 2 N–H and O–H groups in total. The first kappa shape index (κ1) is 12.9. The van der Waals surface area contributed by atoms with E-state index < -0.39 is 0 Å². The second-order valence-corrected chi connectivity index (χ2v) is 4.94. The van der Waals surface area contributed by atoms with Crippen molar-refractivity contribution in [2.24, 2.45) is 5.92 Å². The van der Waals surface area contributed by atoms with Crippen LogP contribution in [0.25, 0.3) is 0 Å². The van der Waals surface area contributed by atoms with E-state index in [2.05, 4.69) is 15.6 Å². The van der Waals surface area contributed by atoms with Crippen LogP contribution >= 0.6 is 0 Å².